The Hall–Kier alpha value is -2.60. The number of ether oxygens (including phenoxy) is 1. The second kappa shape index (κ2) is 10.5. The molecule has 0 saturated carbocycles. The first kappa shape index (κ1) is 20.7. The topological polar surface area (TPSA) is 72.5 Å². The van der Waals surface area contributed by atoms with Crippen molar-refractivity contribution >= 4 is 29.4 Å². The van der Waals surface area contributed by atoms with Crippen molar-refractivity contribution in [3.63, 3.8) is 0 Å². The summed E-state index contributed by atoms with van der Waals surface area (Å²) in [4.78, 5) is 36.0. The summed E-state index contributed by atoms with van der Waals surface area (Å²) in [6, 6.07) is 14.9. The predicted octanol–water partition coefficient (Wildman–Crippen LogP) is 3.19. The zero-order valence-corrected chi connectivity index (χ0v) is 16.3. The number of benzene rings is 2. The van der Waals surface area contributed by atoms with Crippen LogP contribution >= 0.6 is 11.8 Å². The summed E-state index contributed by atoms with van der Waals surface area (Å²) in [5.74, 6) is -0.610. The Morgan fingerprint density at radius 3 is 2.48 bits per heavy atom. The van der Waals surface area contributed by atoms with E-state index in [1.54, 1.807) is 24.3 Å². The van der Waals surface area contributed by atoms with Crippen molar-refractivity contribution in [1.82, 2.24) is 5.32 Å². The molecule has 6 heteroatoms. The minimum Gasteiger partial charge on any atom is -0.452 e. The van der Waals surface area contributed by atoms with E-state index in [1.807, 2.05) is 31.2 Å². The largest absolute Gasteiger partial charge is 0.452 e. The van der Waals surface area contributed by atoms with Crippen LogP contribution in [0.25, 0.3) is 0 Å². The zero-order valence-electron chi connectivity index (χ0n) is 15.5. The highest BCUT2D eigenvalue weighted by atomic mass is 32.2. The Bertz CT molecular complexity index is 819. The van der Waals surface area contributed by atoms with Gasteiger partial charge in [-0.05, 0) is 43.5 Å². The molecule has 0 aliphatic rings. The number of hydrogen-bond acceptors (Lipinski definition) is 5. The van der Waals surface area contributed by atoms with Crippen molar-refractivity contribution in [2.24, 2.45) is 0 Å². The maximum atomic E-state index is 12.3. The number of Topliss-reactive ketones (excluding diaryl/α,β-unsaturated/α-hetero) is 1. The lowest BCUT2D eigenvalue weighted by Crippen LogP contribution is -2.30. The van der Waals surface area contributed by atoms with Gasteiger partial charge in [-0.25, -0.2) is 4.79 Å². The summed E-state index contributed by atoms with van der Waals surface area (Å²) in [6.45, 7) is 3.67. The van der Waals surface area contributed by atoms with Gasteiger partial charge in [-0.3, -0.25) is 9.59 Å². The molecule has 0 radical (unpaired) electrons. The van der Waals surface area contributed by atoms with E-state index in [0.717, 1.165) is 6.42 Å². The highest BCUT2D eigenvalue weighted by molar-refractivity contribution is 8.00. The molecule has 0 fully saturated rings. The van der Waals surface area contributed by atoms with Crippen molar-refractivity contribution in [2.45, 2.75) is 25.2 Å². The van der Waals surface area contributed by atoms with E-state index in [4.69, 9.17) is 4.74 Å². The Balaban J connectivity index is 1.80. The van der Waals surface area contributed by atoms with Crippen molar-refractivity contribution in [2.75, 3.05) is 18.9 Å². The first-order valence-corrected chi connectivity index (χ1v) is 9.65. The van der Waals surface area contributed by atoms with E-state index in [9.17, 15) is 14.4 Å². The molecule has 2 rings (SSSR count). The second-order valence-electron chi connectivity index (χ2n) is 6.09. The average molecular weight is 385 g/mol. The number of nitrogens with one attached hydrogen (secondary N) is 1. The summed E-state index contributed by atoms with van der Waals surface area (Å²) >= 11 is 1.28. The maximum Gasteiger partial charge on any atom is 0.339 e. The van der Waals surface area contributed by atoms with Crippen molar-refractivity contribution in [1.29, 1.82) is 0 Å². The molecule has 0 aliphatic carbocycles. The number of amides is 1. The lowest BCUT2D eigenvalue weighted by Gasteiger charge is -2.10. The first-order chi connectivity index (χ1) is 13.0. The van der Waals surface area contributed by atoms with Gasteiger partial charge in [-0.2, -0.15) is 0 Å². The number of thioether (sulfide) groups is 1. The number of aryl methyl sites for hydroxylation is 1. The highest BCUT2D eigenvalue weighted by Gasteiger charge is 2.15. The number of carbonyl (C=O) groups excluding carboxylic acids is 3. The summed E-state index contributed by atoms with van der Waals surface area (Å²) in [5.41, 5.74) is 2.71. The van der Waals surface area contributed by atoms with Crippen molar-refractivity contribution in [3.8, 4) is 0 Å². The number of hydrogen-bond donors (Lipinski definition) is 1. The molecule has 0 bridgehead atoms. The normalized spacial score (nSPS) is 10.3. The van der Waals surface area contributed by atoms with E-state index in [-0.39, 0.29) is 24.1 Å². The third-order valence-corrected chi connectivity index (χ3v) is 5.07. The van der Waals surface area contributed by atoms with E-state index >= 15 is 0 Å². The number of carbonyl (C=O) groups is 3. The van der Waals surface area contributed by atoms with Gasteiger partial charge in [0.2, 0.25) is 0 Å². The molecule has 2 aromatic carbocycles. The summed E-state index contributed by atoms with van der Waals surface area (Å²) < 4.78 is 5.11. The van der Waals surface area contributed by atoms with E-state index in [0.29, 0.717) is 17.0 Å². The lowest BCUT2D eigenvalue weighted by atomic mass is 10.1. The highest BCUT2D eigenvalue weighted by Crippen LogP contribution is 2.23. The van der Waals surface area contributed by atoms with Gasteiger partial charge in [-0.1, -0.05) is 36.4 Å². The maximum absolute atomic E-state index is 12.3. The molecule has 1 amide bonds. The Labute approximate surface area is 163 Å². The van der Waals surface area contributed by atoms with Gasteiger partial charge in [0.1, 0.15) is 5.78 Å². The van der Waals surface area contributed by atoms with Crippen LogP contribution in [0.4, 0.5) is 0 Å². The van der Waals surface area contributed by atoms with Gasteiger partial charge in [0.25, 0.3) is 5.91 Å². The fraction of sp³-hybridized carbons (Fsp3) is 0.286. The zero-order chi connectivity index (χ0) is 19.6. The standard InChI is InChI=1S/C21H23NO4S/c1-15-7-3-4-8-17(15)11-12-22-20(24)13-26-21(25)18-9-5-6-10-19(18)27-14-16(2)23/h3-10H,11-14H2,1-2H3,(H,22,24). The monoisotopic (exact) mass is 385 g/mol. The van der Waals surface area contributed by atoms with Gasteiger partial charge in [0.05, 0.1) is 11.3 Å². The number of ketones is 1. The molecular weight excluding hydrogens is 362 g/mol. The van der Waals surface area contributed by atoms with E-state index in [1.165, 1.54) is 29.8 Å². The third kappa shape index (κ3) is 6.90. The van der Waals surface area contributed by atoms with Crippen molar-refractivity contribution < 1.29 is 19.1 Å². The fourth-order valence-electron chi connectivity index (χ4n) is 2.43. The van der Waals surface area contributed by atoms with Crippen LogP contribution in [0.5, 0.6) is 0 Å². The molecule has 5 nitrogen and oxygen atoms in total. The van der Waals surface area contributed by atoms with Crippen LogP contribution in [0.2, 0.25) is 0 Å². The molecule has 0 aliphatic heterocycles. The minimum atomic E-state index is -0.573. The minimum absolute atomic E-state index is 0.0243. The lowest BCUT2D eigenvalue weighted by molar-refractivity contribution is -0.124. The van der Waals surface area contributed by atoms with Crippen LogP contribution in [0.15, 0.2) is 53.4 Å². The van der Waals surface area contributed by atoms with Gasteiger partial charge < -0.3 is 10.1 Å². The van der Waals surface area contributed by atoms with Crippen LogP contribution in [0, 0.1) is 6.92 Å². The van der Waals surface area contributed by atoms with Crippen LogP contribution in [0.1, 0.15) is 28.4 Å². The van der Waals surface area contributed by atoms with Gasteiger partial charge in [0, 0.05) is 11.4 Å². The van der Waals surface area contributed by atoms with E-state index in [2.05, 4.69) is 5.32 Å². The van der Waals surface area contributed by atoms with Gasteiger partial charge in [-0.15, -0.1) is 11.8 Å². The molecular formula is C21H23NO4S. The molecule has 27 heavy (non-hydrogen) atoms. The third-order valence-electron chi connectivity index (χ3n) is 3.85. The van der Waals surface area contributed by atoms with Crippen LogP contribution in [-0.2, 0) is 20.7 Å². The molecule has 0 unspecified atom stereocenters. The van der Waals surface area contributed by atoms with E-state index < -0.39 is 5.97 Å². The molecule has 0 saturated heterocycles. The fourth-order valence-corrected chi connectivity index (χ4v) is 3.27. The molecule has 0 spiro atoms. The molecule has 2 aromatic rings. The molecule has 1 N–H and O–H groups in total. The molecule has 142 valence electrons. The smallest absolute Gasteiger partial charge is 0.339 e. The average Bonchev–Trinajstić information content (AvgIpc) is 2.66. The molecule has 0 heterocycles. The predicted molar refractivity (Wildman–Crippen MR) is 106 cm³/mol. The van der Waals surface area contributed by atoms with Gasteiger partial charge in [0.15, 0.2) is 6.61 Å². The Kier molecular flexibility index (Phi) is 8.07. The van der Waals surface area contributed by atoms with Crippen molar-refractivity contribution in [3.05, 3.63) is 65.2 Å². The molecule has 0 aromatic heterocycles. The first-order valence-electron chi connectivity index (χ1n) is 8.67. The quantitative estimate of drug-likeness (QED) is 0.530. The van der Waals surface area contributed by atoms with Crippen LogP contribution in [-0.4, -0.2) is 36.6 Å². The summed E-state index contributed by atoms with van der Waals surface area (Å²) in [6.07, 6.45) is 0.719. The van der Waals surface area contributed by atoms with Gasteiger partial charge >= 0.3 is 5.97 Å². The van der Waals surface area contributed by atoms with Crippen LogP contribution < -0.4 is 5.32 Å². The SMILES string of the molecule is CC(=O)CSc1ccccc1C(=O)OCC(=O)NCCc1ccccc1C. The number of rotatable bonds is 9. The number of esters is 1. The Morgan fingerprint density at radius 1 is 1.04 bits per heavy atom. The van der Waals surface area contributed by atoms with Crippen LogP contribution in [0.3, 0.4) is 0 Å². The second-order valence-corrected chi connectivity index (χ2v) is 7.11. The summed E-state index contributed by atoms with van der Waals surface area (Å²) in [5, 5.41) is 2.75. The Morgan fingerprint density at radius 2 is 1.74 bits per heavy atom. The summed E-state index contributed by atoms with van der Waals surface area (Å²) in [7, 11) is 0. The molecule has 0 atom stereocenters.